The third kappa shape index (κ3) is 3.43. The summed E-state index contributed by atoms with van der Waals surface area (Å²) in [6.07, 6.45) is 3.31. The van der Waals surface area contributed by atoms with Crippen LogP contribution in [0, 0.1) is 6.92 Å². The molecule has 2 aromatic rings. The molecule has 0 fully saturated rings. The summed E-state index contributed by atoms with van der Waals surface area (Å²) in [6.45, 7) is 2.60. The second-order valence-corrected chi connectivity index (χ2v) is 7.06. The molecule has 0 aliphatic rings. The molecule has 0 spiro atoms. The van der Waals surface area contributed by atoms with Crippen LogP contribution >= 0.6 is 11.3 Å². The number of hydrogen-bond acceptors (Lipinski definition) is 5. The number of thiophene rings is 1. The Morgan fingerprint density at radius 2 is 2.15 bits per heavy atom. The predicted octanol–water partition coefficient (Wildman–Crippen LogP) is 1.65. The highest BCUT2D eigenvalue weighted by molar-refractivity contribution is 7.89. The maximum absolute atomic E-state index is 12.4. The molecule has 0 bridgehead atoms. The lowest BCUT2D eigenvalue weighted by Gasteiger charge is -2.09. The van der Waals surface area contributed by atoms with E-state index < -0.39 is 10.0 Å². The van der Waals surface area contributed by atoms with Gasteiger partial charge in [-0.2, -0.15) is 0 Å². The third-order valence-corrected chi connectivity index (χ3v) is 5.65. The number of rotatable bonds is 6. The van der Waals surface area contributed by atoms with Gasteiger partial charge in [0.2, 0.25) is 10.0 Å². The maximum Gasteiger partial charge on any atom is 0.242 e. The molecule has 2 N–H and O–H groups in total. The normalized spacial score (nSPS) is 11.7. The van der Waals surface area contributed by atoms with E-state index in [2.05, 4.69) is 15.0 Å². The van der Waals surface area contributed by atoms with Gasteiger partial charge in [-0.1, -0.05) is 6.07 Å². The van der Waals surface area contributed by atoms with E-state index in [0.717, 1.165) is 16.0 Å². The van der Waals surface area contributed by atoms with E-state index in [-0.39, 0.29) is 6.54 Å². The number of nitrogens with zero attached hydrogens (tertiary/aromatic N) is 1. The Morgan fingerprint density at radius 1 is 1.35 bits per heavy atom. The van der Waals surface area contributed by atoms with Gasteiger partial charge in [0.15, 0.2) is 0 Å². The van der Waals surface area contributed by atoms with Gasteiger partial charge < -0.3 is 5.32 Å². The number of sulfonamides is 1. The van der Waals surface area contributed by atoms with Crippen LogP contribution in [0.15, 0.2) is 34.8 Å². The fourth-order valence-electron chi connectivity index (χ4n) is 1.88. The van der Waals surface area contributed by atoms with E-state index in [1.54, 1.807) is 25.5 Å². The number of hydrogen-bond donors (Lipinski definition) is 2. The van der Waals surface area contributed by atoms with Crippen LogP contribution in [-0.4, -0.2) is 20.4 Å². The van der Waals surface area contributed by atoms with E-state index in [4.69, 9.17) is 0 Å². The molecule has 0 atom stereocenters. The van der Waals surface area contributed by atoms with E-state index in [1.165, 1.54) is 11.3 Å². The first-order valence-corrected chi connectivity index (χ1v) is 8.51. The number of pyridine rings is 1. The summed E-state index contributed by atoms with van der Waals surface area (Å²) in [7, 11) is -1.71. The number of aromatic nitrogens is 1. The largest absolute Gasteiger partial charge is 0.315 e. The molecule has 0 saturated heterocycles. The van der Waals surface area contributed by atoms with E-state index in [1.807, 2.05) is 18.4 Å². The van der Waals surface area contributed by atoms with E-state index in [0.29, 0.717) is 11.4 Å². The molecule has 7 heteroatoms. The lowest BCUT2D eigenvalue weighted by Crippen LogP contribution is -2.25. The van der Waals surface area contributed by atoms with Gasteiger partial charge >= 0.3 is 0 Å². The number of aryl methyl sites for hydroxylation is 1. The van der Waals surface area contributed by atoms with Gasteiger partial charge in [0.05, 0.1) is 0 Å². The molecule has 0 aromatic carbocycles. The fourth-order valence-corrected chi connectivity index (χ4v) is 4.72. The molecule has 20 heavy (non-hydrogen) atoms. The van der Waals surface area contributed by atoms with Crippen molar-refractivity contribution in [3.63, 3.8) is 0 Å². The average molecular weight is 311 g/mol. The minimum atomic E-state index is -3.51. The van der Waals surface area contributed by atoms with Crippen LogP contribution < -0.4 is 10.0 Å². The first kappa shape index (κ1) is 15.1. The first-order chi connectivity index (χ1) is 9.54. The minimum Gasteiger partial charge on any atom is -0.315 e. The second-order valence-electron chi connectivity index (χ2n) is 4.39. The zero-order valence-electron chi connectivity index (χ0n) is 11.4. The van der Waals surface area contributed by atoms with Crippen LogP contribution in [0.25, 0.3) is 0 Å². The zero-order valence-corrected chi connectivity index (χ0v) is 13.0. The molecule has 0 aliphatic heterocycles. The quantitative estimate of drug-likeness (QED) is 0.851. The van der Waals surface area contributed by atoms with Crippen molar-refractivity contribution in [3.8, 4) is 0 Å². The summed E-state index contributed by atoms with van der Waals surface area (Å²) in [5, 5.41) is 4.86. The molecular formula is C13H17N3O2S2. The predicted molar refractivity (Wildman–Crippen MR) is 80.1 cm³/mol. The van der Waals surface area contributed by atoms with Crippen molar-refractivity contribution in [2.75, 3.05) is 7.05 Å². The van der Waals surface area contributed by atoms with Crippen LogP contribution in [0.2, 0.25) is 0 Å². The standard InChI is InChI=1S/C13H17N3O2S2/c1-10-9-19-12(8-14-2)13(10)20(17,18)16-7-11-4-3-5-15-6-11/h3-6,9,14,16H,7-8H2,1-2H3. The third-order valence-electron chi connectivity index (χ3n) is 2.78. The number of nitrogens with one attached hydrogen (secondary N) is 2. The summed E-state index contributed by atoms with van der Waals surface area (Å²) in [5.41, 5.74) is 1.61. The molecule has 2 aromatic heterocycles. The highest BCUT2D eigenvalue weighted by atomic mass is 32.2. The Kier molecular flexibility index (Phi) is 4.87. The Labute approximate surface area is 123 Å². The summed E-state index contributed by atoms with van der Waals surface area (Å²) < 4.78 is 27.5. The molecule has 2 heterocycles. The SMILES string of the molecule is CNCc1scc(C)c1S(=O)(=O)NCc1cccnc1. The van der Waals surface area contributed by atoms with Crippen LogP contribution in [0.5, 0.6) is 0 Å². The van der Waals surface area contributed by atoms with Crippen LogP contribution in [0.1, 0.15) is 16.0 Å². The van der Waals surface area contributed by atoms with Crippen molar-refractivity contribution in [1.82, 2.24) is 15.0 Å². The maximum atomic E-state index is 12.4. The highest BCUT2D eigenvalue weighted by Gasteiger charge is 2.22. The van der Waals surface area contributed by atoms with E-state index in [9.17, 15) is 8.42 Å². The topological polar surface area (TPSA) is 71.1 Å². The first-order valence-electron chi connectivity index (χ1n) is 6.14. The lowest BCUT2D eigenvalue weighted by atomic mass is 10.3. The summed E-state index contributed by atoms with van der Waals surface area (Å²) >= 11 is 1.46. The smallest absolute Gasteiger partial charge is 0.242 e. The van der Waals surface area contributed by atoms with Gasteiger partial charge in [-0.15, -0.1) is 11.3 Å². The highest BCUT2D eigenvalue weighted by Crippen LogP contribution is 2.26. The molecule has 5 nitrogen and oxygen atoms in total. The molecule has 0 radical (unpaired) electrons. The average Bonchev–Trinajstić information content (AvgIpc) is 2.80. The fraction of sp³-hybridized carbons (Fsp3) is 0.308. The van der Waals surface area contributed by atoms with Gasteiger partial charge in [-0.05, 0) is 36.5 Å². The Hall–Kier alpha value is -1.28. The van der Waals surface area contributed by atoms with Gasteiger partial charge in [0.1, 0.15) is 4.90 Å². The van der Waals surface area contributed by atoms with Gasteiger partial charge in [0.25, 0.3) is 0 Å². The summed E-state index contributed by atoms with van der Waals surface area (Å²) in [5.74, 6) is 0. The van der Waals surface area contributed by atoms with Gasteiger partial charge in [-0.25, -0.2) is 13.1 Å². The Bertz CT molecular complexity index is 666. The van der Waals surface area contributed by atoms with Crippen LogP contribution in [0.4, 0.5) is 0 Å². The van der Waals surface area contributed by atoms with Crippen molar-refractivity contribution < 1.29 is 8.42 Å². The van der Waals surface area contributed by atoms with Crippen molar-refractivity contribution in [1.29, 1.82) is 0 Å². The molecule has 0 amide bonds. The monoisotopic (exact) mass is 311 g/mol. The molecule has 0 unspecified atom stereocenters. The lowest BCUT2D eigenvalue weighted by molar-refractivity contribution is 0.579. The Morgan fingerprint density at radius 3 is 2.80 bits per heavy atom. The van der Waals surface area contributed by atoms with E-state index >= 15 is 0 Å². The van der Waals surface area contributed by atoms with Crippen molar-refractivity contribution in [2.45, 2.75) is 24.9 Å². The molecule has 0 saturated carbocycles. The molecule has 108 valence electrons. The second kappa shape index (κ2) is 6.45. The van der Waals surface area contributed by atoms with Gasteiger partial charge in [0, 0.05) is 30.4 Å². The van der Waals surface area contributed by atoms with Crippen molar-refractivity contribution in [2.24, 2.45) is 0 Å². The molecule has 2 rings (SSSR count). The molecule has 0 aliphatic carbocycles. The zero-order chi connectivity index (χ0) is 14.6. The van der Waals surface area contributed by atoms with Crippen LogP contribution in [-0.2, 0) is 23.1 Å². The van der Waals surface area contributed by atoms with Gasteiger partial charge in [-0.3, -0.25) is 4.98 Å². The summed E-state index contributed by atoms with van der Waals surface area (Å²) in [6, 6.07) is 3.62. The van der Waals surface area contributed by atoms with Crippen molar-refractivity contribution in [3.05, 3.63) is 45.9 Å². The minimum absolute atomic E-state index is 0.241. The van der Waals surface area contributed by atoms with Crippen molar-refractivity contribution >= 4 is 21.4 Å². The van der Waals surface area contributed by atoms with Crippen LogP contribution in [0.3, 0.4) is 0 Å². The summed E-state index contributed by atoms with van der Waals surface area (Å²) in [4.78, 5) is 5.18. The Balaban J connectivity index is 2.20. The molecular weight excluding hydrogens is 294 g/mol.